The zero-order valence-electron chi connectivity index (χ0n) is 13.7. The molecule has 1 heterocycles. The van der Waals surface area contributed by atoms with Gasteiger partial charge in [0.2, 0.25) is 5.91 Å². The summed E-state index contributed by atoms with van der Waals surface area (Å²) in [4.78, 5) is 14.7. The highest BCUT2D eigenvalue weighted by atomic mass is 35.5. The minimum atomic E-state index is 0. The summed E-state index contributed by atoms with van der Waals surface area (Å²) in [6.45, 7) is 1.72. The molecule has 2 aliphatic rings. The molecule has 1 saturated heterocycles. The van der Waals surface area contributed by atoms with E-state index in [0.29, 0.717) is 11.8 Å². The molecule has 1 saturated carbocycles. The SMILES string of the molecule is COc1ccc(C2CCN(C(=O)C3CCCC(N)C3)C2)cc1.Cl. The van der Waals surface area contributed by atoms with Gasteiger partial charge in [0.25, 0.3) is 0 Å². The lowest BCUT2D eigenvalue weighted by atomic mass is 9.85. The van der Waals surface area contributed by atoms with Crippen LogP contribution in [0.25, 0.3) is 0 Å². The van der Waals surface area contributed by atoms with E-state index in [1.807, 2.05) is 12.1 Å². The molecule has 1 aromatic rings. The Labute approximate surface area is 144 Å². The maximum atomic E-state index is 12.7. The third-order valence-electron chi connectivity index (χ3n) is 5.15. The van der Waals surface area contributed by atoms with Crippen LogP contribution in [0.5, 0.6) is 5.75 Å². The van der Waals surface area contributed by atoms with Crippen LogP contribution < -0.4 is 10.5 Å². The molecule has 3 atom stereocenters. The number of halogens is 1. The number of carbonyl (C=O) groups excluding carboxylic acids is 1. The monoisotopic (exact) mass is 338 g/mol. The molecule has 3 unspecified atom stereocenters. The van der Waals surface area contributed by atoms with E-state index >= 15 is 0 Å². The van der Waals surface area contributed by atoms with Gasteiger partial charge in [0.05, 0.1) is 7.11 Å². The van der Waals surface area contributed by atoms with Crippen molar-refractivity contribution in [2.24, 2.45) is 11.7 Å². The van der Waals surface area contributed by atoms with Crippen molar-refractivity contribution in [1.82, 2.24) is 4.90 Å². The first-order valence-electron chi connectivity index (χ1n) is 8.35. The molecule has 0 radical (unpaired) electrons. The Hall–Kier alpha value is -1.26. The van der Waals surface area contributed by atoms with Gasteiger partial charge in [0.15, 0.2) is 0 Å². The van der Waals surface area contributed by atoms with Crippen molar-refractivity contribution in [2.45, 2.75) is 44.1 Å². The van der Waals surface area contributed by atoms with Crippen LogP contribution in [0.4, 0.5) is 0 Å². The summed E-state index contributed by atoms with van der Waals surface area (Å²) in [6.07, 6.45) is 5.08. The van der Waals surface area contributed by atoms with Gasteiger partial charge < -0.3 is 15.4 Å². The molecular weight excluding hydrogens is 312 g/mol. The zero-order valence-corrected chi connectivity index (χ0v) is 14.6. The van der Waals surface area contributed by atoms with Crippen LogP contribution in [-0.2, 0) is 4.79 Å². The minimum absolute atomic E-state index is 0. The molecule has 1 aliphatic heterocycles. The van der Waals surface area contributed by atoms with Gasteiger partial charge in [-0.25, -0.2) is 0 Å². The quantitative estimate of drug-likeness (QED) is 0.921. The molecule has 23 heavy (non-hydrogen) atoms. The number of likely N-dealkylation sites (tertiary alicyclic amines) is 1. The van der Waals surface area contributed by atoms with E-state index in [0.717, 1.165) is 50.9 Å². The molecule has 128 valence electrons. The van der Waals surface area contributed by atoms with Crippen LogP contribution in [0.3, 0.4) is 0 Å². The van der Waals surface area contributed by atoms with Crippen LogP contribution in [0.1, 0.15) is 43.6 Å². The van der Waals surface area contributed by atoms with E-state index in [4.69, 9.17) is 10.5 Å². The fraction of sp³-hybridized carbons (Fsp3) is 0.611. The van der Waals surface area contributed by atoms with Gasteiger partial charge in [0.1, 0.15) is 5.75 Å². The first kappa shape index (κ1) is 18.1. The fourth-order valence-electron chi connectivity index (χ4n) is 3.82. The molecular formula is C18H27ClN2O2. The maximum Gasteiger partial charge on any atom is 0.225 e. The number of nitrogens with two attached hydrogens (primary N) is 1. The van der Waals surface area contributed by atoms with E-state index in [-0.39, 0.29) is 24.4 Å². The minimum Gasteiger partial charge on any atom is -0.497 e. The molecule has 0 spiro atoms. The van der Waals surface area contributed by atoms with E-state index in [2.05, 4.69) is 17.0 Å². The van der Waals surface area contributed by atoms with E-state index in [1.165, 1.54) is 5.56 Å². The second-order valence-corrected chi connectivity index (χ2v) is 6.67. The fourth-order valence-corrected chi connectivity index (χ4v) is 3.82. The number of amides is 1. The normalized spacial score (nSPS) is 27.4. The molecule has 2 fully saturated rings. The molecule has 1 aliphatic carbocycles. The highest BCUT2D eigenvalue weighted by Crippen LogP contribution is 2.32. The van der Waals surface area contributed by atoms with Crippen LogP contribution in [0.15, 0.2) is 24.3 Å². The Morgan fingerprint density at radius 1 is 1.22 bits per heavy atom. The number of methoxy groups -OCH3 is 1. The third-order valence-corrected chi connectivity index (χ3v) is 5.15. The summed E-state index contributed by atoms with van der Waals surface area (Å²) in [7, 11) is 1.68. The molecule has 0 bridgehead atoms. The lowest BCUT2D eigenvalue weighted by molar-refractivity contribution is -0.135. The summed E-state index contributed by atoms with van der Waals surface area (Å²) in [6, 6.07) is 8.45. The van der Waals surface area contributed by atoms with E-state index in [1.54, 1.807) is 7.11 Å². The Morgan fingerprint density at radius 3 is 2.61 bits per heavy atom. The van der Waals surface area contributed by atoms with Crippen molar-refractivity contribution in [3.63, 3.8) is 0 Å². The van der Waals surface area contributed by atoms with Gasteiger partial charge in [-0.05, 0) is 43.4 Å². The molecule has 1 amide bonds. The number of benzene rings is 1. The number of nitrogens with zero attached hydrogens (tertiary/aromatic N) is 1. The largest absolute Gasteiger partial charge is 0.497 e. The summed E-state index contributed by atoms with van der Waals surface area (Å²) >= 11 is 0. The second-order valence-electron chi connectivity index (χ2n) is 6.67. The number of rotatable bonds is 3. The Bertz CT molecular complexity index is 520. The Balaban J connectivity index is 0.00000192. The van der Waals surface area contributed by atoms with Crippen LogP contribution in [-0.4, -0.2) is 37.0 Å². The van der Waals surface area contributed by atoms with Gasteiger partial charge in [0, 0.05) is 31.0 Å². The van der Waals surface area contributed by atoms with Gasteiger partial charge in [-0.1, -0.05) is 18.6 Å². The van der Waals surface area contributed by atoms with Crippen molar-refractivity contribution < 1.29 is 9.53 Å². The second kappa shape index (κ2) is 8.02. The van der Waals surface area contributed by atoms with Crippen LogP contribution in [0.2, 0.25) is 0 Å². The molecule has 0 aromatic heterocycles. The van der Waals surface area contributed by atoms with Crippen molar-refractivity contribution in [3.8, 4) is 5.75 Å². The standard InChI is InChI=1S/C18H26N2O2.ClH/c1-22-17-7-5-13(6-8-17)15-9-10-20(12-15)18(21)14-3-2-4-16(19)11-14;/h5-8,14-16H,2-4,9-12,19H2,1H3;1H. The summed E-state index contributed by atoms with van der Waals surface area (Å²) in [5, 5.41) is 0. The number of hydrogen-bond acceptors (Lipinski definition) is 3. The van der Waals surface area contributed by atoms with E-state index in [9.17, 15) is 4.79 Å². The van der Waals surface area contributed by atoms with Crippen molar-refractivity contribution in [2.75, 3.05) is 20.2 Å². The average molecular weight is 339 g/mol. The number of carbonyl (C=O) groups is 1. The molecule has 5 heteroatoms. The first-order chi connectivity index (χ1) is 10.7. The van der Waals surface area contributed by atoms with E-state index < -0.39 is 0 Å². The van der Waals surface area contributed by atoms with Crippen molar-refractivity contribution >= 4 is 18.3 Å². The highest BCUT2D eigenvalue weighted by Gasteiger charge is 2.33. The predicted octanol–water partition coefficient (Wildman–Crippen LogP) is 2.95. The Kier molecular flexibility index (Phi) is 6.31. The maximum absolute atomic E-state index is 12.7. The molecule has 3 rings (SSSR count). The summed E-state index contributed by atoms with van der Waals surface area (Å²) in [5.41, 5.74) is 7.33. The van der Waals surface area contributed by atoms with Crippen LogP contribution in [0, 0.1) is 5.92 Å². The highest BCUT2D eigenvalue weighted by molar-refractivity contribution is 5.85. The lowest BCUT2D eigenvalue weighted by Gasteiger charge is -2.29. The predicted molar refractivity (Wildman–Crippen MR) is 94.1 cm³/mol. The average Bonchev–Trinajstić information content (AvgIpc) is 3.04. The smallest absolute Gasteiger partial charge is 0.225 e. The number of hydrogen-bond donors (Lipinski definition) is 1. The topological polar surface area (TPSA) is 55.6 Å². The number of ether oxygens (including phenoxy) is 1. The first-order valence-corrected chi connectivity index (χ1v) is 8.35. The molecule has 1 aromatic carbocycles. The third kappa shape index (κ3) is 4.18. The van der Waals surface area contributed by atoms with Crippen LogP contribution >= 0.6 is 12.4 Å². The molecule has 4 nitrogen and oxygen atoms in total. The van der Waals surface area contributed by atoms with Gasteiger partial charge >= 0.3 is 0 Å². The molecule has 2 N–H and O–H groups in total. The summed E-state index contributed by atoms with van der Waals surface area (Å²) in [5.74, 6) is 1.81. The zero-order chi connectivity index (χ0) is 15.5. The van der Waals surface area contributed by atoms with Crippen molar-refractivity contribution in [3.05, 3.63) is 29.8 Å². The van der Waals surface area contributed by atoms with Crippen molar-refractivity contribution in [1.29, 1.82) is 0 Å². The summed E-state index contributed by atoms with van der Waals surface area (Å²) < 4.78 is 5.20. The van der Waals surface area contributed by atoms with Gasteiger partial charge in [-0.2, -0.15) is 0 Å². The van der Waals surface area contributed by atoms with Gasteiger partial charge in [-0.15, -0.1) is 12.4 Å². The Morgan fingerprint density at radius 2 is 1.96 bits per heavy atom. The van der Waals surface area contributed by atoms with Gasteiger partial charge in [-0.3, -0.25) is 4.79 Å². The lowest BCUT2D eigenvalue weighted by Crippen LogP contribution is -2.39.